The van der Waals surface area contributed by atoms with E-state index < -0.39 is 0 Å². The van der Waals surface area contributed by atoms with Crippen LogP contribution in [0, 0.1) is 0 Å². The van der Waals surface area contributed by atoms with Gasteiger partial charge in [-0.05, 0) is 32.3 Å². The van der Waals surface area contributed by atoms with Gasteiger partial charge in [0.25, 0.3) is 0 Å². The number of hydrogen-bond donors (Lipinski definition) is 4. The highest BCUT2D eigenvalue weighted by atomic mass is 16.3. The monoisotopic (exact) mass is 328 g/mol. The summed E-state index contributed by atoms with van der Waals surface area (Å²) in [6, 6.07) is 9.05. The molecule has 0 amide bonds. The minimum atomic E-state index is -0.210. The molecule has 0 spiro atoms. The molecule has 0 saturated carbocycles. The molecule has 6 heteroatoms. The van der Waals surface area contributed by atoms with E-state index in [-0.39, 0.29) is 41.7 Å². The number of carbonyl (C=O) groups excluding carboxylic acids is 2. The van der Waals surface area contributed by atoms with Gasteiger partial charge in [-0.1, -0.05) is 18.2 Å². The van der Waals surface area contributed by atoms with Gasteiger partial charge in [-0.15, -0.1) is 0 Å². The second kappa shape index (κ2) is 7.72. The Morgan fingerprint density at radius 3 is 2.21 bits per heavy atom. The number of carbonyl (C=O) groups is 2. The van der Waals surface area contributed by atoms with Crippen molar-refractivity contribution in [2.75, 3.05) is 27.2 Å². The second-order valence-corrected chi connectivity index (χ2v) is 5.34. The minimum absolute atomic E-state index is 0.107. The summed E-state index contributed by atoms with van der Waals surface area (Å²) < 4.78 is 0. The standard InChI is InChI=1S/C18H20N2O4/c1-19-9-16(23)11-6-7-13(15(22)8-11)18-12(17(24)10-20-2)4-3-5-14(18)21/h3-8,19-22H,9-10H2,1-2H3. The van der Waals surface area contributed by atoms with Crippen LogP contribution in [0.15, 0.2) is 36.4 Å². The number of benzene rings is 2. The van der Waals surface area contributed by atoms with Crippen molar-refractivity contribution in [1.82, 2.24) is 10.6 Å². The van der Waals surface area contributed by atoms with Crippen molar-refractivity contribution in [2.45, 2.75) is 0 Å². The maximum absolute atomic E-state index is 12.2. The van der Waals surface area contributed by atoms with E-state index in [9.17, 15) is 19.8 Å². The topological polar surface area (TPSA) is 98.7 Å². The van der Waals surface area contributed by atoms with Crippen molar-refractivity contribution < 1.29 is 19.8 Å². The first-order valence-corrected chi connectivity index (χ1v) is 7.50. The fourth-order valence-corrected chi connectivity index (χ4v) is 2.49. The number of phenolic OH excluding ortho intramolecular Hbond substituents is 2. The Bertz CT molecular complexity index is 772. The van der Waals surface area contributed by atoms with Gasteiger partial charge < -0.3 is 20.8 Å². The fraction of sp³-hybridized carbons (Fsp3) is 0.222. The Balaban J connectivity index is 2.52. The maximum atomic E-state index is 12.2. The molecule has 0 radical (unpaired) electrons. The molecular weight excluding hydrogens is 308 g/mol. The molecule has 0 aliphatic heterocycles. The lowest BCUT2D eigenvalue weighted by molar-refractivity contribution is 0.0985. The Labute approximate surface area is 140 Å². The van der Waals surface area contributed by atoms with E-state index in [1.165, 1.54) is 18.2 Å². The largest absolute Gasteiger partial charge is 0.507 e. The number of rotatable bonds is 7. The summed E-state index contributed by atoms with van der Waals surface area (Å²) in [6.07, 6.45) is 0. The molecule has 2 aromatic carbocycles. The quantitative estimate of drug-likeness (QED) is 0.576. The van der Waals surface area contributed by atoms with Crippen molar-refractivity contribution in [3.8, 4) is 22.6 Å². The van der Waals surface area contributed by atoms with Crippen molar-refractivity contribution in [3.05, 3.63) is 47.5 Å². The number of Topliss-reactive ketones (excluding diaryl/α,β-unsaturated/α-hetero) is 2. The van der Waals surface area contributed by atoms with Gasteiger partial charge in [0.05, 0.1) is 13.1 Å². The summed E-state index contributed by atoms with van der Waals surface area (Å²) in [5.74, 6) is -0.653. The SMILES string of the molecule is CNCC(=O)c1ccc(-c2c(O)cccc2C(=O)CNC)c(O)c1. The Morgan fingerprint density at radius 2 is 1.58 bits per heavy atom. The average molecular weight is 328 g/mol. The Morgan fingerprint density at radius 1 is 0.917 bits per heavy atom. The molecule has 4 N–H and O–H groups in total. The predicted octanol–water partition coefficient (Wildman–Crippen LogP) is 1.57. The molecule has 0 fully saturated rings. The van der Waals surface area contributed by atoms with E-state index in [4.69, 9.17) is 0 Å². The molecule has 2 aromatic rings. The lowest BCUT2D eigenvalue weighted by atomic mass is 9.94. The third-order valence-corrected chi connectivity index (χ3v) is 3.61. The number of nitrogens with one attached hydrogen (secondary N) is 2. The lowest BCUT2D eigenvalue weighted by Gasteiger charge is -2.13. The molecule has 0 aliphatic rings. The average Bonchev–Trinajstić information content (AvgIpc) is 2.55. The number of likely N-dealkylation sites (N-methyl/N-ethyl adjacent to an activating group) is 2. The summed E-state index contributed by atoms with van der Waals surface area (Å²) >= 11 is 0. The smallest absolute Gasteiger partial charge is 0.177 e. The van der Waals surface area contributed by atoms with Gasteiger partial charge in [0, 0.05) is 22.3 Å². The van der Waals surface area contributed by atoms with Crippen LogP contribution in [0.1, 0.15) is 20.7 Å². The van der Waals surface area contributed by atoms with E-state index in [1.54, 1.807) is 32.3 Å². The van der Waals surface area contributed by atoms with Gasteiger partial charge in [0.1, 0.15) is 11.5 Å². The summed E-state index contributed by atoms with van der Waals surface area (Å²) in [7, 11) is 3.31. The van der Waals surface area contributed by atoms with E-state index in [1.807, 2.05) is 0 Å². The zero-order valence-electron chi connectivity index (χ0n) is 13.6. The number of aromatic hydroxyl groups is 2. The van der Waals surface area contributed by atoms with Crippen molar-refractivity contribution in [3.63, 3.8) is 0 Å². The lowest BCUT2D eigenvalue weighted by Crippen LogP contribution is -2.19. The molecule has 6 nitrogen and oxygen atoms in total. The number of hydrogen-bond acceptors (Lipinski definition) is 6. The molecule has 0 aromatic heterocycles. The third-order valence-electron chi connectivity index (χ3n) is 3.61. The fourth-order valence-electron chi connectivity index (χ4n) is 2.49. The van der Waals surface area contributed by atoms with Crippen LogP contribution in [0.5, 0.6) is 11.5 Å². The van der Waals surface area contributed by atoms with Crippen LogP contribution in [0.25, 0.3) is 11.1 Å². The van der Waals surface area contributed by atoms with Crippen LogP contribution >= 0.6 is 0 Å². The van der Waals surface area contributed by atoms with Crippen LogP contribution in [0.3, 0.4) is 0 Å². The predicted molar refractivity (Wildman–Crippen MR) is 91.7 cm³/mol. The minimum Gasteiger partial charge on any atom is -0.507 e. The van der Waals surface area contributed by atoms with Gasteiger partial charge in [0.15, 0.2) is 11.6 Å². The normalized spacial score (nSPS) is 10.6. The molecule has 0 heterocycles. The molecule has 24 heavy (non-hydrogen) atoms. The third kappa shape index (κ3) is 3.61. The summed E-state index contributed by atoms with van der Waals surface area (Å²) in [5, 5.41) is 26.0. The molecule has 0 unspecified atom stereocenters. The molecular formula is C18H20N2O4. The van der Waals surface area contributed by atoms with Gasteiger partial charge >= 0.3 is 0 Å². The molecule has 0 bridgehead atoms. The first-order chi connectivity index (χ1) is 11.5. The first kappa shape index (κ1) is 17.7. The molecule has 2 rings (SSSR count). The highest BCUT2D eigenvalue weighted by Gasteiger charge is 2.19. The zero-order chi connectivity index (χ0) is 17.7. The van der Waals surface area contributed by atoms with Gasteiger partial charge in [-0.3, -0.25) is 9.59 Å². The van der Waals surface area contributed by atoms with E-state index in [0.29, 0.717) is 16.7 Å². The van der Waals surface area contributed by atoms with Crippen LogP contribution in [0.4, 0.5) is 0 Å². The maximum Gasteiger partial charge on any atom is 0.177 e. The van der Waals surface area contributed by atoms with Gasteiger partial charge in [-0.2, -0.15) is 0 Å². The number of phenols is 2. The highest BCUT2D eigenvalue weighted by Crippen LogP contribution is 2.38. The van der Waals surface area contributed by atoms with E-state index in [2.05, 4.69) is 10.6 Å². The van der Waals surface area contributed by atoms with Crippen molar-refractivity contribution >= 4 is 11.6 Å². The van der Waals surface area contributed by atoms with Crippen LogP contribution in [-0.2, 0) is 0 Å². The Hall–Kier alpha value is -2.70. The van der Waals surface area contributed by atoms with E-state index in [0.717, 1.165) is 0 Å². The first-order valence-electron chi connectivity index (χ1n) is 7.50. The highest BCUT2D eigenvalue weighted by molar-refractivity contribution is 6.06. The summed E-state index contributed by atoms with van der Waals surface area (Å²) in [4.78, 5) is 24.1. The van der Waals surface area contributed by atoms with Crippen LogP contribution in [0.2, 0.25) is 0 Å². The zero-order valence-corrected chi connectivity index (χ0v) is 13.6. The molecule has 126 valence electrons. The summed E-state index contributed by atoms with van der Waals surface area (Å²) in [5.41, 5.74) is 1.20. The summed E-state index contributed by atoms with van der Waals surface area (Å²) in [6.45, 7) is 0.261. The van der Waals surface area contributed by atoms with Crippen LogP contribution < -0.4 is 10.6 Å². The Kier molecular flexibility index (Phi) is 5.68. The van der Waals surface area contributed by atoms with Gasteiger partial charge in [0.2, 0.25) is 0 Å². The molecule has 0 saturated heterocycles. The molecule has 0 aliphatic carbocycles. The second-order valence-electron chi connectivity index (χ2n) is 5.34. The number of ketones is 2. The van der Waals surface area contributed by atoms with Crippen molar-refractivity contribution in [1.29, 1.82) is 0 Å². The van der Waals surface area contributed by atoms with Gasteiger partial charge in [-0.25, -0.2) is 0 Å². The van der Waals surface area contributed by atoms with E-state index >= 15 is 0 Å². The molecule has 0 atom stereocenters. The van der Waals surface area contributed by atoms with Crippen LogP contribution in [-0.4, -0.2) is 49.0 Å². The van der Waals surface area contributed by atoms with Crippen molar-refractivity contribution in [2.24, 2.45) is 0 Å².